The summed E-state index contributed by atoms with van der Waals surface area (Å²) in [5.41, 5.74) is 2.44. The van der Waals surface area contributed by atoms with Crippen LogP contribution in [-0.2, 0) is 6.42 Å². The monoisotopic (exact) mass is 319 g/mol. The van der Waals surface area contributed by atoms with Crippen molar-refractivity contribution < 1.29 is 9.47 Å². The number of methoxy groups -OCH3 is 1. The molecule has 5 heteroatoms. The van der Waals surface area contributed by atoms with E-state index < -0.39 is 0 Å². The first kappa shape index (κ1) is 14.1. The van der Waals surface area contributed by atoms with Gasteiger partial charge < -0.3 is 9.47 Å². The Morgan fingerprint density at radius 2 is 2.10 bits per heavy atom. The lowest BCUT2D eigenvalue weighted by Gasteiger charge is -2.15. The predicted octanol–water partition coefficient (Wildman–Crippen LogP) is 4.41. The lowest BCUT2D eigenvalue weighted by atomic mass is 10.1. The molecule has 0 fully saturated rings. The maximum Gasteiger partial charge on any atom is 0.236 e. The van der Waals surface area contributed by atoms with E-state index in [9.17, 15) is 0 Å². The van der Waals surface area contributed by atoms with E-state index in [1.165, 1.54) is 7.11 Å². The molecule has 2 aromatic rings. The molecular weight excluding hydrogens is 309 g/mol. The van der Waals surface area contributed by atoms with E-state index in [-0.39, 0.29) is 0 Å². The summed E-state index contributed by atoms with van der Waals surface area (Å²) in [7, 11) is 1.52. The molecule has 1 aromatic heterocycles. The summed E-state index contributed by atoms with van der Waals surface area (Å²) in [6.45, 7) is 1.88. The molecule has 106 valence electrons. The Kier molecular flexibility index (Phi) is 3.67. The van der Waals surface area contributed by atoms with Crippen LogP contribution in [-0.4, -0.2) is 12.1 Å². The lowest BCUT2D eigenvalue weighted by Crippen LogP contribution is -2.01. The highest BCUT2D eigenvalue weighted by atomic mass is 35.5. The fraction of sp³-hybridized carbons (Fsp3) is 0.188. The largest absolute Gasteiger partial charge is 0.480 e. The van der Waals surface area contributed by atoms with Crippen molar-refractivity contribution in [2.75, 3.05) is 7.11 Å². The van der Waals surface area contributed by atoms with Crippen LogP contribution in [0.25, 0.3) is 0 Å². The summed E-state index contributed by atoms with van der Waals surface area (Å²) in [6.07, 6.45) is 0.494. The van der Waals surface area contributed by atoms with Gasteiger partial charge in [0.15, 0.2) is 5.75 Å². The Morgan fingerprint density at radius 1 is 1.29 bits per heavy atom. The van der Waals surface area contributed by atoms with Crippen molar-refractivity contribution in [1.29, 1.82) is 0 Å². The average Bonchev–Trinajstić information content (AvgIpc) is 2.50. The number of nitrogens with zero attached hydrogens (tertiary/aromatic N) is 1. The molecule has 2 heterocycles. The number of fused-ring (bicyclic) bond motifs is 3. The molecule has 0 saturated heterocycles. The molecule has 0 saturated carbocycles. The minimum absolute atomic E-state index is 0.336. The molecular formula is C16H11Cl2NO2. The van der Waals surface area contributed by atoms with Crippen molar-refractivity contribution in [3.05, 3.63) is 45.1 Å². The first-order valence-corrected chi connectivity index (χ1v) is 7.04. The normalized spacial score (nSPS) is 12.0. The number of benzene rings is 1. The third kappa shape index (κ3) is 2.65. The molecule has 0 N–H and O–H groups in total. The van der Waals surface area contributed by atoms with Crippen molar-refractivity contribution in [3.8, 4) is 29.2 Å². The fourth-order valence-electron chi connectivity index (χ4n) is 2.16. The topological polar surface area (TPSA) is 31.4 Å². The van der Waals surface area contributed by atoms with Gasteiger partial charge in [0.1, 0.15) is 10.8 Å². The molecule has 3 nitrogen and oxygen atoms in total. The molecule has 2 bridgehead atoms. The van der Waals surface area contributed by atoms with Gasteiger partial charge in [-0.1, -0.05) is 35.0 Å². The number of hydrogen-bond donors (Lipinski definition) is 0. The lowest BCUT2D eigenvalue weighted by molar-refractivity contribution is 0.390. The summed E-state index contributed by atoms with van der Waals surface area (Å²) in [6, 6.07) is 5.34. The summed E-state index contributed by atoms with van der Waals surface area (Å²) < 4.78 is 11.1. The Morgan fingerprint density at radius 3 is 2.86 bits per heavy atom. The third-order valence-electron chi connectivity index (χ3n) is 3.15. The van der Waals surface area contributed by atoms with E-state index in [0.717, 1.165) is 16.8 Å². The van der Waals surface area contributed by atoms with Crippen LogP contribution in [0.2, 0.25) is 10.0 Å². The Labute approximate surface area is 132 Å². The molecule has 1 aliphatic rings. The second kappa shape index (κ2) is 5.48. The van der Waals surface area contributed by atoms with Crippen LogP contribution in [0.5, 0.6) is 17.4 Å². The molecule has 0 radical (unpaired) electrons. The maximum atomic E-state index is 6.33. The zero-order valence-electron chi connectivity index (χ0n) is 11.5. The van der Waals surface area contributed by atoms with Gasteiger partial charge in [0.05, 0.1) is 7.11 Å². The predicted molar refractivity (Wildman–Crippen MR) is 82.6 cm³/mol. The van der Waals surface area contributed by atoms with Gasteiger partial charge in [-0.05, 0) is 25.1 Å². The highest BCUT2D eigenvalue weighted by Crippen LogP contribution is 2.40. The van der Waals surface area contributed by atoms with Crippen LogP contribution >= 0.6 is 23.2 Å². The van der Waals surface area contributed by atoms with Crippen molar-refractivity contribution >= 4 is 23.2 Å². The zero-order chi connectivity index (χ0) is 15.0. The van der Waals surface area contributed by atoms with E-state index in [1.807, 2.05) is 13.0 Å². The van der Waals surface area contributed by atoms with Crippen LogP contribution in [0, 0.1) is 18.8 Å². The van der Waals surface area contributed by atoms with Crippen molar-refractivity contribution in [2.24, 2.45) is 0 Å². The van der Waals surface area contributed by atoms with E-state index in [4.69, 9.17) is 32.7 Å². The number of ether oxygens (including phenoxy) is 2. The van der Waals surface area contributed by atoms with Crippen molar-refractivity contribution in [1.82, 2.24) is 4.98 Å². The van der Waals surface area contributed by atoms with Crippen LogP contribution in [0.3, 0.4) is 0 Å². The van der Waals surface area contributed by atoms with Crippen molar-refractivity contribution in [2.45, 2.75) is 13.3 Å². The molecule has 0 aliphatic carbocycles. The van der Waals surface area contributed by atoms with E-state index in [1.54, 1.807) is 12.1 Å². The highest BCUT2D eigenvalue weighted by Gasteiger charge is 2.20. The molecule has 21 heavy (non-hydrogen) atoms. The van der Waals surface area contributed by atoms with Gasteiger partial charge in [0, 0.05) is 28.3 Å². The van der Waals surface area contributed by atoms with Gasteiger partial charge in [0.2, 0.25) is 5.88 Å². The average molecular weight is 320 g/mol. The molecule has 1 aliphatic heterocycles. The third-order valence-corrected chi connectivity index (χ3v) is 3.70. The summed E-state index contributed by atoms with van der Waals surface area (Å²) in [5.74, 6) is 7.61. The standard InChI is InChI=1S/C16H11Cl2NO2/c1-9-13-5-3-4-10-6-11(17)8-12(7-10)21-15(13)14(18)16(19-9)20-2/h6-8H,5H2,1-2H3. The smallest absolute Gasteiger partial charge is 0.236 e. The van der Waals surface area contributed by atoms with Gasteiger partial charge in [-0.3, -0.25) is 0 Å². The minimum atomic E-state index is 0.336. The van der Waals surface area contributed by atoms with Gasteiger partial charge in [0.25, 0.3) is 0 Å². The Balaban J connectivity index is 2.24. The molecule has 0 atom stereocenters. The number of halogens is 2. The van der Waals surface area contributed by atoms with Crippen molar-refractivity contribution in [3.63, 3.8) is 0 Å². The molecule has 0 unspecified atom stereocenters. The van der Waals surface area contributed by atoms with E-state index in [0.29, 0.717) is 33.8 Å². The number of aromatic nitrogens is 1. The molecule has 3 rings (SSSR count). The zero-order valence-corrected chi connectivity index (χ0v) is 13.0. The Hall–Kier alpha value is -1.89. The molecule has 1 aromatic carbocycles. The van der Waals surface area contributed by atoms with Crippen LogP contribution < -0.4 is 9.47 Å². The van der Waals surface area contributed by atoms with Gasteiger partial charge in [-0.2, -0.15) is 0 Å². The second-order valence-electron chi connectivity index (χ2n) is 4.58. The molecule has 0 spiro atoms. The van der Waals surface area contributed by atoms with E-state index >= 15 is 0 Å². The number of aryl methyl sites for hydroxylation is 1. The maximum absolute atomic E-state index is 6.33. The molecule has 0 amide bonds. The number of pyridine rings is 1. The summed E-state index contributed by atoms with van der Waals surface area (Å²) >= 11 is 12.4. The van der Waals surface area contributed by atoms with E-state index in [2.05, 4.69) is 16.8 Å². The highest BCUT2D eigenvalue weighted by molar-refractivity contribution is 6.33. The number of hydrogen-bond acceptors (Lipinski definition) is 3. The fourth-order valence-corrected chi connectivity index (χ4v) is 2.66. The minimum Gasteiger partial charge on any atom is -0.480 e. The first-order chi connectivity index (χ1) is 10.1. The Bertz CT molecular complexity index is 791. The van der Waals surface area contributed by atoms with Crippen LogP contribution in [0.4, 0.5) is 0 Å². The van der Waals surface area contributed by atoms with Crippen LogP contribution in [0.1, 0.15) is 16.8 Å². The first-order valence-electron chi connectivity index (χ1n) is 6.28. The van der Waals surface area contributed by atoms with Crippen LogP contribution in [0.15, 0.2) is 18.2 Å². The summed E-state index contributed by atoms with van der Waals surface area (Å²) in [4.78, 5) is 4.33. The SMILES string of the molecule is COc1nc(C)c2c(c1Cl)Oc1cc(Cl)cc(c1)C#CC2. The second-order valence-corrected chi connectivity index (χ2v) is 5.40. The van der Waals surface area contributed by atoms with Gasteiger partial charge >= 0.3 is 0 Å². The summed E-state index contributed by atoms with van der Waals surface area (Å²) in [5, 5.41) is 0.900. The number of rotatable bonds is 1. The quantitative estimate of drug-likeness (QED) is 0.730. The van der Waals surface area contributed by atoms with Gasteiger partial charge in [-0.25, -0.2) is 4.98 Å². The van der Waals surface area contributed by atoms with Gasteiger partial charge in [-0.15, -0.1) is 0 Å².